The van der Waals surface area contributed by atoms with E-state index in [4.69, 9.17) is 9.47 Å². The molecule has 5 nitrogen and oxygen atoms in total. The minimum atomic E-state index is -0.499. The quantitative estimate of drug-likeness (QED) is 0.809. The molecule has 3 rings (SSSR count). The lowest BCUT2D eigenvalue weighted by atomic mass is 10.0. The molecule has 0 atom stereocenters. The monoisotopic (exact) mass is 286 g/mol. The highest BCUT2D eigenvalue weighted by atomic mass is 16.5. The number of hydrogen-bond donors (Lipinski definition) is 0. The molecule has 0 radical (unpaired) electrons. The molecule has 5 heteroatoms. The molecule has 1 heterocycles. The van der Waals surface area contributed by atoms with Gasteiger partial charge in [-0.25, -0.2) is 0 Å². The van der Waals surface area contributed by atoms with Crippen molar-refractivity contribution in [2.75, 3.05) is 14.2 Å². The van der Waals surface area contributed by atoms with Gasteiger partial charge in [0.1, 0.15) is 11.2 Å². The SMILES string of the molecule is COC(=O)C1(c2cc(-c3ccc(OC)cc3)nn2C)CC1. The van der Waals surface area contributed by atoms with Crippen molar-refractivity contribution in [1.82, 2.24) is 9.78 Å². The zero-order valence-corrected chi connectivity index (χ0v) is 12.4. The molecule has 1 aromatic heterocycles. The van der Waals surface area contributed by atoms with Crippen molar-refractivity contribution in [2.45, 2.75) is 18.3 Å². The van der Waals surface area contributed by atoms with Crippen molar-refractivity contribution in [3.8, 4) is 17.0 Å². The topological polar surface area (TPSA) is 53.4 Å². The Morgan fingerprint density at radius 2 is 1.90 bits per heavy atom. The van der Waals surface area contributed by atoms with E-state index in [1.165, 1.54) is 7.11 Å². The second-order valence-electron chi connectivity index (χ2n) is 5.34. The summed E-state index contributed by atoms with van der Waals surface area (Å²) in [6, 6.07) is 9.70. The van der Waals surface area contributed by atoms with Gasteiger partial charge in [-0.1, -0.05) is 0 Å². The first-order valence-corrected chi connectivity index (χ1v) is 6.88. The number of methoxy groups -OCH3 is 2. The third kappa shape index (κ3) is 2.18. The van der Waals surface area contributed by atoms with Gasteiger partial charge in [0.25, 0.3) is 0 Å². The van der Waals surface area contributed by atoms with Crippen LogP contribution in [0.3, 0.4) is 0 Å². The predicted molar refractivity (Wildman–Crippen MR) is 78.1 cm³/mol. The van der Waals surface area contributed by atoms with Crippen molar-refractivity contribution >= 4 is 5.97 Å². The summed E-state index contributed by atoms with van der Waals surface area (Å²) in [6.07, 6.45) is 1.64. The molecular formula is C16H18N2O3. The van der Waals surface area contributed by atoms with Gasteiger partial charge in [0.15, 0.2) is 0 Å². The van der Waals surface area contributed by atoms with Crippen LogP contribution in [0.15, 0.2) is 30.3 Å². The molecule has 0 spiro atoms. The third-order valence-electron chi connectivity index (χ3n) is 4.08. The van der Waals surface area contributed by atoms with E-state index in [1.807, 2.05) is 37.4 Å². The number of hydrogen-bond acceptors (Lipinski definition) is 4. The Bertz CT molecular complexity index is 669. The molecule has 0 bridgehead atoms. The summed E-state index contributed by atoms with van der Waals surface area (Å²) >= 11 is 0. The number of esters is 1. The largest absolute Gasteiger partial charge is 0.497 e. The fourth-order valence-corrected chi connectivity index (χ4v) is 2.70. The number of carbonyl (C=O) groups is 1. The Balaban J connectivity index is 1.96. The number of rotatable bonds is 4. The van der Waals surface area contributed by atoms with Crippen LogP contribution in [0.4, 0.5) is 0 Å². The van der Waals surface area contributed by atoms with E-state index in [0.29, 0.717) is 0 Å². The normalized spacial score (nSPS) is 15.6. The van der Waals surface area contributed by atoms with E-state index in [1.54, 1.807) is 11.8 Å². The molecule has 1 aliphatic rings. The lowest BCUT2D eigenvalue weighted by Gasteiger charge is -2.12. The van der Waals surface area contributed by atoms with E-state index < -0.39 is 5.41 Å². The molecule has 0 unspecified atom stereocenters. The van der Waals surface area contributed by atoms with Gasteiger partial charge in [-0.05, 0) is 43.2 Å². The first-order chi connectivity index (χ1) is 10.1. The van der Waals surface area contributed by atoms with Crippen molar-refractivity contribution in [1.29, 1.82) is 0 Å². The zero-order chi connectivity index (χ0) is 15.0. The molecule has 1 fully saturated rings. The van der Waals surface area contributed by atoms with Crippen LogP contribution >= 0.6 is 0 Å². The lowest BCUT2D eigenvalue weighted by molar-refractivity contribution is -0.143. The van der Waals surface area contributed by atoms with Crippen molar-refractivity contribution in [3.05, 3.63) is 36.0 Å². The molecule has 0 aliphatic heterocycles. The maximum Gasteiger partial charge on any atom is 0.317 e. The fraction of sp³-hybridized carbons (Fsp3) is 0.375. The lowest BCUT2D eigenvalue weighted by Crippen LogP contribution is -2.24. The number of benzene rings is 1. The van der Waals surface area contributed by atoms with Gasteiger partial charge in [-0.2, -0.15) is 5.10 Å². The maximum absolute atomic E-state index is 12.0. The minimum Gasteiger partial charge on any atom is -0.497 e. The van der Waals surface area contributed by atoms with Gasteiger partial charge in [0, 0.05) is 12.6 Å². The van der Waals surface area contributed by atoms with Crippen molar-refractivity contribution in [3.63, 3.8) is 0 Å². The van der Waals surface area contributed by atoms with Crippen LogP contribution in [0.5, 0.6) is 5.75 Å². The summed E-state index contributed by atoms with van der Waals surface area (Å²) in [5, 5.41) is 4.53. The van der Waals surface area contributed by atoms with Gasteiger partial charge < -0.3 is 9.47 Å². The highest BCUT2D eigenvalue weighted by molar-refractivity contribution is 5.86. The van der Waals surface area contributed by atoms with Crippen LogP contribution < -0.4 is 4.74 Å². The molecular weight excluding hydrogens is 268 g/mol. The summed E-state index contributed by atoms with van der Waals surface area (Å²) < 4.78 is 11.9. The number of carbonyl (C=O) groups excluding carboxylic acids is 1. The number of ether oxygens (including phenoxy) is 2. The second-order valence-corrected chi connectivity index (χ2v) is 5.34. The Labute approximate surface area is 123 Å². The maximum atomic E-state index is 12.0. The van der Waals surface area contributed by atoms with Gasteiger partial charge in [0.2, 0.25) is 0 Å². The Morgan fingerprint density at radius 3 is 2.43 bits per heavy atom. The van der Waals surface area contributed by atoms with E-state index >= 15 is 0 Å². The summed E-state index contributed by atoms with van der Waals surface area (Å²) in [5.74, 6) is 0.634. The van der Waals surface area contributed by atoms with Gasteiger partial charge in [0.05, 0.1) is 25.6 Å². The predicted octanol–water partition coefficient (Wildman–Crippen LogP) is 2.30. The number of aryl methyl sites for hydroxylation is 1. The summed E-state index contributed by atoms with van der Waals surface area (Å²) in [6.45, 7) is 0. The second kappa shape index (κ2) is 4.91. The number of aromatic nitrogens is 2. The third-order valence-corrected chi connectivity index (χ3v) is 4.08. The standard InChI is InChI=1S/C16H18N2O3/c1-18-14(16(8-9-16)15(19)21-3)10-13(17-18)11-4-6-12(20-2)7-5-11/h4-7,10H,8-9H2,1-3H3. The number of nitrogens with zero attached hydrogens (tertiary/aromatic N) is 2. The van der Waals surface area contributed by atoms with E-state index in [-0.39, 0.29) is 5.97 Å². The van der Waals surface area contributed by atoms with Crippen LogP contribution in [-0.2, 0) is 22.0 Å². The average molecular weight is 286 g/mol. The van der Waals surface area contributed by atoms with Crippen molar-refractivity contribution in [2.24, 2.45) is 7.05 Å². The van der Waals surface area contributed by atoms with Gasteiger partial charge in [-0.15, -0.1) is 0 Å². The fourth-order valence-electron chi connectivity index (χ4n) is 2.70. The van der Waals surface area contributed by atoms with Crippen LogP contribution in [0.1, 0.15) is 18.5 Å². The zero-order valence-electron chi connectivity index (χ0n) is 12.4. The minimum absolute atomic E-state index is 0.174. The molecule has 1 aromatic carbocycles. The Kier molecular flexibility index (Phi) is 3.20. The first kappa shape index (κ1) is 13.7. The molecule has 0 N–H and O–H groups in total. The highest BCUT2D eigenvalue weighted by Crippen LogP contribution is 2.49. The van der Waals surface area contributed by atoms with E-state index in [2.05, 4.69) is 5.10 Å². The molecule has 21 heavy (non-hydrogen) atoms. The molecule has 0 amide bonds. The molecule has 2 aromatic rings. The van der Waals surface area contributed by atoms with Crippen molar-refractivity contribution < 1.29 is 14.3 Å². The van der Waals surface area contributed by atoms with Crippen LogP contribution in [-0.4, -0.2) is 30.0 Å². The van der Waals surface area contributed by atoms with Gasteiger partial charge >= 0.3 is 5.97 Å². The Hall–Kier alpha value is -2.30. The van der Waals surface area contributed by atoms with E-state index in [9.17, 15) is 4.79 Å². The molecule has 110 valence electrons. The summed E-state index contributed by atoms with van der Waals surface area (Å²) in [5.41, 5.74) is 2.27. The first-order valence-electron chi connectivity index (χ1n) is 6.88. The average Bonchev–Trinajstić information content (AvgIpc) is 3.23. The summed E-state index contributed by atoms with van der Waals surface area (Å²) in [4.78, 5) is 12.0. The van der Waals surface area contributed by atoms with Crippen LogP contribution in [0.25, 0.3) is 11.3 Å². The molecule has 1 aliphatic carbocycles. The summed E-state index contributed by atoms with van der Waals surface area (Å²) in [7, 11) is 4.94. The van der Waals surface area contributed by atoms with Crippen LogP contribution in [0, 0.1) is 0 Å². The highest BCUT2D eigenvalue weighted by Gasteiger charge is 2.54. The van der Waals surface area contributed by atoms with E-state index in [0.717, 1.165) is 35.5 Å². The Morgan fingerprint density at radius 1 is 1.24 bits per heavy atom. The van der Waals surface area contributed by atoms with Gasteiger partial charge in [-0.3, -0.25) is 9.48 Å². The van der Waals surface area contributed by atoms with Crippen LogP contribution in [0.2, 0.25) is 0 Å². The molecule has 1 saturated carbocycles. The smallest absolute Gasteiger partial charge is 0.317 e. The molecule has 0 saturated heterocycles.